The molecule has 0 spiro atoms. The third kappa shape index (κ3) is 6.40. The van der Waals surface area contributed by atoms with E-state index in [9.17, 15) is 22.8 Å². The Morgan fingerprint density at radius 3 is 2.54 bits per heavy atom. The Morgan fingerprint density at radius 1 is 1.02 bits per heavy atom. The Kier molecular flexibility index (Phi) is 7.79. The molecule has 0 atom stereocenters. The molecule has 0 unspecified atom stereocenters. The zero-order valence-corrected chi connectivity index (χ0v) is 22.3. The van der Waals surface area contributed by atoms with E-state index in [4.69, 9.17) is 9.47 Å². The number of hydrogen-bond donors (Lipinski definition) is 2. The average molecular weight is 569 g/mol. The van der Waals surface area contributed by atoms with Gasteiger partial charge in [0.25, 0.3) is 0 Å². The summed E-state index contributed by atoms with van der Waals surface area (Å²) in [5, 5.41) is 5.89. The largest absolute Gasteiger partial charge is 0.439 e. The Labute approximate surface area is 233 Å². The smallest absolute Gasteiger partial charge is 0.418 e. The Balaban J connectivity index is 1.34. The number of nitrogens with zero attached hydrogens (tertiary/aromatic N) is 4. The number of alkyl halides is 3. The quantitative estimate of drug-likeness (QED) is 0.302. The van der Waals surface area contributed by atoms with E-state index >= 15 is 0 Å². The van der Waals surface area contributed by atoms with Crippen molar-refractivity contribution in [2.24, 2.45) is 0 Å². The van der Waals surface area contributed by atoms with Gasteiger partial charge in [-0.05, 0) is 49.4 Å². The highest BCUT2D eigenvalue weighted by molar-refractivity contribution is 5.99. The number of halogens is 3. The maximum Gasteiger partial charge on any atom is 0.418 e. The van der Waals surface area contributed by atoms with Gasteiger partial charge in [-0.3, -0.25) is 9.36 Å². The molecular weight excluding hydrogens is 541 g/mol. The van der Waals surface area contributed by atoms with E-state index in [-0.39, 0.29) is 23.2 Å². The maximum atomic E-state index is 13.9. The van der Waals surface area contributed by atoms with Crippen molar-refractivity contribution >= 4 is 40.0 Å². The molecule has 1 aliphatic heterocycles. The van der Waals surface area contributed by atoms with Crippen molar-refractivity contribution in [2.75, 3.05) is 41.8 Å². The van der Waals surface area contributed by atoms with Gasteiger partial charge in [-0.25, -0.2) is 9.78 Å². The predicted octanol–water partition coefficient (Wildman–Crippen LogP) is 5.82. The molecule has 1 saturated heterocycles. The minimum Gasteiger partial charge on any atom is -0.439 e. The number of hydrogen-bond acceptors (Lipinski definition) is 7. The summed E-state index contributed by atoms with van der Waals surface area (Å²) in [5.74, 6) is 1.17. The van der Waals surface area contributed by atoms with Gasteiger partial charge in [0.15, 0.2) is 0 Å². The van der Waals surface area contributed by atoms with Crippen LogP contribution in [0.2, 0.25) is 0 Å². The maximum absolute atomic E-state index is 13.9. The van der Waals surface area contributed by atoms with Gasteiger partial charge in [0.05, 0.1) is 24.3 Å². The summed E-state index contributed by atoms with van der Waals surface area (Å²) in [4.78, 5) is 34.8. The first-order valence-electron chi connectivity index (χ1n) is 12.9. The Hall–Kier alpha value is -4.65. The molecule has 2 amide bonds. The molecular formula is C28H27F3N6O4. The van der Waals surface area contributed by atoms with Crippen molar-refractivity contribution in [3.8, 4) is 11.6 Å². The van der Waals surface area contributed by atoms with Crippen LogP contribution < -0.4 is 20.3 Å². The van der Waals surface area contributed by atoms with Crippen LogP contribution in [0, 0.1) is 6.92 Å². The van der Waals surface area contributed by atoms with Crippen LogP contribution in [-0.2, 0) is 15.7 Å². The molecule has 3 heterocycles. The van der Waals surface area contributed by atoms with E-state index in [0.717, 1.165) is 6.07 Å². The molecule has 214 valence electrons. The molecule has 5 rings (SSSR count). The Morgan fingerprint density at radius 2 is 1.80 bits per heavy atom. The van der Waals surface area contributed by atoms with E-state index < -0.39 is 17.8 Å². The highest BCUT2D eigenvalue weighted by Gasteiger charge is 2.35. The van der Waals surface area contributed by atoms with Gasteiger partial charge in [0.1, 0.15) is 17.4 Å². The van der Waals surface area contributed by atoms with Gasteiger partial charge in [0.2, 0.25) is 11.8 Å². The number of benzene rings is 2. The van der Waals surface area contributed by atoms with Crippen LogP contribution in [0.4, 0.5) is 35.2 Å². The molecule has 1 aliphatic rings. The number of carbonyl (C=O) groups excluding carboxylic acids is 2. The van der Waals surface area contributed by atoms with Crippen LogP contribution in [0.15, 0.2) is 54.7 Å². The van der Waals surface area contributed by atoms with E-state index in [0.29, 0.717) is 61.0 Å². The summed E-state index contributed by atoms with van der Waals surface area (Å²) in [5.41, 5.74) is -0.234. The number of rotatable bonds is 6. The third-order valence-electron chi connectivity index (χ3n) is 6.41. The van der Waals surface area contributed by atoms with Crippen LogP contribution in [0.5, 0.6) is 11.6 Å². The van der Waals surface area contributed by atoms with Crippen LogP contribution >= 0.6 is 0 Å². The number of amides is 2. The minimum absolute atomic E-state index is 0.0197. The van der Waals surface area contributed by atoms with Crippen molar-refractivity contribution in [3.63, 3.8) is 0 Å². The van der Waals surface area contributed by atoms with E-state index in [2.05, 4.69) is 20.6 Å². The second-order valence-corrected chi connectivity index (χ2v) is 9.31. The van der Waals surface area contributed by atoms with Gasteiger partial charge in [-0.15, -0.1) is 0 Å². The SMILES string of the molecule is CCC(=O)Nc1cc(Oc2ccc3c(ccn3C(=O)Nc3ccc(N4CCOCC4)c(C(F)(F)F)c3)c2)nc(C)n1. The molecule has 0 saturated carbocycles. The first kappa shape index (κ1) is 27.9. The number of ether oxygens (including phenoxy) is 2. The lowest BCUT2D eigenvalue weighted by Crippen LogP contribution is -2.37. The van der Waals surface area contributed by atoms with Crippen molar-refractivity contribution in [3.05, 3.63) is 66.1 Å². The normalized spacial score (nSPS) is 13.7. The highest BCUT2D eigenvalue weighted by Crippen LogP contribution is 2.38. The highest BCUT2D eigenvalue weighted by atomic mass is 19.4. The van der Waals surface area contributed by atoms with Crippen molar-refractivity contribution in [1.82, 2.24) is 14.5 Å². The molecule has 2 N–H and O–H groups in total. The first-order chi connectivity index (χ1) is 19.6. The average Bonchev–Trinajstić information content (AvgIpc) is 3.36. The number of nitrogens with one attached hydrogen (secondary N) is 2. The lowest BCUT2D eigenvalue weighted by molar-refractivity contribution is -0.137. The van der Waals surface area contributed by atoms with Gasteiger partial charge >= 0.3 is 12.2 Å². The number of morpholine rings is 1. The topological polar surface area (TPSA) is 111 Å². The van der Waals surface area contributed by atoms with Crippen molar-refractivity contribution in [1.29, 1.82) is 0 Å². The molecule has 0 aliphatic carbocycles. The van der Waals surface area contributed by atoms with Gasteiger partial charge in [0, 0.05) is 48.5 Å². The molecule has 10 nitrogen and oxygen atoms in total. The zero-order valence-electron chi connectivity index (χ0n) is 22.3. The molecule has 0 bridgehead atoms. The number of fused-ring (bicyclic) bond motifs is 1. The number of aromatic nitrogens is 3. The lowest BCUT2D eigenvalue weighted by atomic mass is 10.1. The molecule has 4 aromatic rings. The summed E-state index contributed by atoms with van der Waals surface area (Å²) < 4.78 is 54.1. The molecule has 13 heteroatoms. The molecule has 2 aromatic heterocycles. The number of carbonyl (C=O) groups is 2. The van der Waals surface area contributed by atoms with Gasteiger partial charge in [-0.1, -0.05) is 6.92 Å². The molecule has 2 aromatic carbocycles. The fourth-order valence-electron chi connectivity index (χ4n) is 4.47. The fourth-order valence-corrected chi connectivity index (χ4v) is 4.47. The Bertz CT molecular complexity index is 1600. The van der Waals surface area contributed by atoms with E-state index in [1.54, 1.807) is 43.0 Å². The van der Waals surface area contributed by atoms with Gasteiger partial charge in [-0.2, -0.15) is 18.2 Å². The van der Waals surface area contributed by atoms with Crippen LogP contribution in [0.1, 0.15) is 24.7 Å². The lowest BCUT2D eigenvalue weighted by Gasteiger charge is -2.31. The van der Waals surface area contributed by atoms with Crippen molar-refractivity contribution < 1.29 is 32.2 Å². The summed E-state index contributed by atoms with van der Waals surface area (Å²) in [7, 11) is 0. The standard InChI is InChI=1S/C28H27F3N6O4/c1-3-25(38)35-24-16-26(33-17(2)32-24)41-20-5-7-22-18(14-20)8-9-37(22)27(39)34-19-4-6-23(21(15-19)28(29,30)31)36-10-12-40-13-11-36/h4-9,14-16H,3,10-13H2,1-2H3,(H,34,39)(H,32,33,35,38). The van der Waals surface area contributed by atoms with Crippen LogP contribution in [0.3, 0.4) is 0 Å². The van der Waals surface area contributed by atoms with Gasteiger partial charge < -0.3 is 25.0 Å². The fraction of sp³-hybridized carbons (Fsp3) is 0.286. The summed E-state index contributed by atoms with van der Waals surface area (Å²) >= 11 is 0. The first-order valence-corrected chi connectivity index (χ1v) is 12.9. The zero-order chi connectivity index (χ0) is 29.1. The minimum atomic E-state index is -4.60. The van der Waals surface area contributed by atoms with Crippen LogP contribution in [-0.4, -0.2) is 52.8 Å². The molecule has 1 fully saturated rings. The predicted molar refractivity (Wildman–Crippen MR) is 147 cm³/mol. The third-order valence-corrected chi connectivity index (χ3v) is 6.41. The van der Waals surface area contributed by atoms with E-state index in [1.165, 1.54) is 29.0 Å². The van der Waals surface area contributed by atoms with Crippen molar-refractivity contribution in [2.45, 2.75) is 26.4 Å². The summed E-state index contributed by atoms with van der Waals surface area (Å²) in [6.45, 7) is 4.79. The summed E-state index contributed by atoms with van der Waals surface area (Å²) in [6.07, 6.45) is -2.79. The molecule has 0 radical (unpaired) electrons. The second-order valence-electron chi connectivity index (χ2n) is 9.31. The van der Waals surface area contributed by atoms with E-state index in [1.807, 2.05) is 0 Å². The summed E-state index contributed by atoms with van der Waals surface area (Å²) in [6, 6.07) is 11.3. The monoisotopic (exact) mass is 568 g/mol. The molecule has 41 heavy (non-hydrogen) atoms. The van der Waals surface area contributed by atoms with Crippen LogP contribution in [0.25, 0.3) is 10.9 Å². The number of aryl methyl sites for hydroxylation is 1. The second kappa shape index (κ2) is 11.5. The number of anilines is 3.